The summed E-state index contributed by atoms with van der Waals surface area (Å²) in [5.74, 6) is 0.321. The Labute approximate surface area is 105 Å². The second-order valence-electron chi connectivity index (χ2n) is 3.25. The first kappa shape index (κ1) is 12.6. The number of aliphatic hydroxyl groups excluding tert-OH is 1. The molecule has 0 spiro atoms. The van der Waals surface area contributed by atoms with Crippen LogP contribution in [0.2, 0.25) is 0 Å². The molecule has 1 aromatic heterocycles. The largest absolute Gasteiger partial charge is 0.396 e. The van der Waals surface area contributed by atoms with Gasteiger partial charge < -0.3 is 10.4 Å². The third kappa shape index (κ3) is 3.98. The van der Waals surface area contributed by atoms with Gasteiger partial charge in [0.15, 0.2) is 0 Å². The minimum absolute atomic E-state index is 0.241. The molecule has 0 saturated carbocycles. The van der Waals surface area contributed by atoms with Gasteiger partial charge in [-0.1, -0.05) is 6.92 Å². The first-order valence-corrected chi connectivity index (χ1v) is 6.79. The number of aliphatic hydroxyl groups is 1. The van der Waals surface area contributed by atoms with Crippen LogP contribution in [0.4, 0.5) is 0 Å². The topological polar surface area (TPSA) is 32.3 Å². The van der Waals surface area contributed by atoms with E-state index < -0.39 is 0 Å². The van der Waals surface area contributed by atoms with Gasteiger partial charge in [0.2, 0.25) is 0 Å². The zero-order valence-corrected chi connectivity index (χ0v) is 11.9. The summed E-state index contributed by atoms with van der Waals surface area (Å²) in [6.07, 6.45) is 0. The molecule has 0 saturated heterocycles. The van der Waals surface area contributed by atoms with Gasteiger partial charge in [-0.05, 0) is 43.8 Å². The Bertz CT molecular complexity index is 271. The molecule has 0 aliphatic rings. The first-order valence-electron chi connectivity index (χ1n) is 4.38. The summed E-state index contributed by atoms with van der Waals surface area (Å²) >= 11 is 8.62. The van der Waals surface area contributed by atoms with Gasteiger partial charge in [-0.2, -0.15) is 0 Å². The summed E-state index contributed by atoms with van der Waals surface area (Å²) in [4.78, 5) is 1.29. The fourth-order valence-electron chi connectivity index (χ4n) is 0.985. The fourth-order valence-corrected chi connectivity index (χ4v) is 3.13. The molecular formula is C9H13Br2NOS. The Balaban J connectivity index is 2.31. The van der Waals surface area contributed by atoms with Crippen molar-refractivity contribution in [2.75, 3.05) is 13.2 Å². The highest BCUT2D eigenvalue weighted by Crippen LogP contribution is 2.32. The van der Waals surface area contributed by atoms with E-state index in [1.54, 1.807) is 11.3 Å². The van der Waals surface area contributed by atoms with Crippen LogP contribution in [0, 0.1) is 5.92 Å². The van der Waals surface area contributed by atoms with Crippen molar-refractivity contribution in [3.63, 3.8) is 0 Å². The molecule has 1 unspecified atom stereocenters. The van der Waals surface area contributed by atoms with Crippen LogP contribution < -0.4 is 5.32 Å². The van der Waals surface area contributed by atoms with E-state index in [0.29, 0.717) is 5.92 Å². The summed E-state index contributed by atoms with van der Waals surface area (Å²) < 4.78 is 2.24. The minimum Gasteiger partial charge on any atom is -0.396 e. The van der Waals surface area contributed by atoms with Crippen LogP contribution in [0.5, 0.6) is 0 Å². The quantitative estimate of drug-likeness (QED) is 0.862. The molecule has 1 aromatic rings. The Hall–Kier alpha value is 0.580. The molecule has 1 heterocycles. The molecule has 0 aliphatic carbocycles. The maximum Gasteiger partial charge on any atom is 0.0843 e. The second-order valence-corrected chi connectivity index (χ2v) is 6.56. The molecule has 1 atom stereocenters. The van der Waals surface area contributed by atoms with Crippen LogP contribution in [0.1, 0.15) is 11.8 Å². The van der Waals surface area contributed by atoms with Crippen molar-refractivity contribution in [3.8, 4) is 0 Å². The van der Waals surface area contributed by atoms with Crippen molar-refractivity contribution >= 4 is 43.2 Å². The Morgan fingerprint density at radius 2 is 2.29 bits per heavy atom. The molecule has 80 valence electrons. The van der Waals surface area contributed by atoms with E-state index in [0.717, 1.165) is 21.3 Å². The van der Waals surface area contributed by atoms with Gasteiger partial charge in [-0.25, -0.2) is 0 Å². The molecule has 5 heteroatoms. The van der Waals surface area contributed by atoms with Crippen molar-refractivity contribution in [1.29, 1.82) is 0 Å². The third-order valence-corrected chi connectivity index (χ3v) is 5.06. The maximum atomic E-state index is 8.83. The molecule has 0 fully saturated rings. The lowest BCUT2D eigenvalue weighted by atomic mass is 10.2. The number of thiophene rings is 1. The zero-order chi connectivity index (χ0) is 10.6. The van der Waals surface area contributed by atoms with Crippen molar-refractivity contribution in [2.45, 2.75) is 13.5 Å². The standard InChI is InChI=1S/C9H13Br2NOS/c1-6(5-13)3-12-4-7-2-8(10)9(11)14-7/h2,6,12-13H,3-5H2,1H3. The van der Waals surface area contributed by atoms with E-state index in [2.05, 4.69) is 43.2 Å². The van der Waals surface area contributed by atoms with Gasteiger partial charge in [-0.15, -0.1) is 11.3 Å². The molecule has 2 N–H and O–H groups in total. The number of rotatable bonds is 5. The average Bonchev–Trinajstić information content (AvgIpc) is 2.46. The Kier molecular flexibility index (Phi) is 5.62. The molecule has 0 amide bonds. The van der Waals surface area contributed by atoms with E-state index in [1.807, 2.05) is 6.92 Å². The summed E-state index contributed by atoms with van der Waals surface area (Å²) in [7, 11) is 0. The zero-order valence-electron chi connectivity index (χ0n) is 7.89. The van der Waals surface area contributed by atoms with Crippen molar-refractivity contribution in [3.05, 3.63) is 19.2 Å². The van der Waals surface area contributed by atoms with Crippen molar-refractivity contribution in [1.82, 2.24) is 5.32 Å². The second kappa shape index (κ2) is 6.23. The molecule has 0 aromatic carbocycles. The lowest BCUT2D eigenvalue weighted by Gasteiger charge is -2.07. The maximum absolute atomic E-state index is 8.83. The lowest BCUT2D eigenvalue weighted by Crippen LogP contribution is -2.22. The van der Waals surface area contributed by atoms with Gasteiger partial charge in [-0.3, -0.25) is 0 Å². The lowest BCUT2D eigenvalue weighted by molar-refractivity contribution is 0.233. The minimum atomic E-state index is 0.241. The van der Waals surface area contributed by atoms with E-state index >= 15 is 0 Å². The van der Waals surface area contributed by atoms with Crippen LogP contribution in [0.3, 0.4) is 0 Å². The van der Waals surface area contributed by atoms with Gasteiger partial charge in [0.1, 0.15) is 0 Å². The van der Waals surface area contributed by atoms with Crippen LogP contribution >= 0.6 is 43.2 Å². The summed E-state index contributed by atoms with van der Waals surface area (Å²) in [6.45, 7) is 3.97. The normalized spacial score (nSPS) is 13.1. The van der Waals surface area contributed by atoms with E-state index in [9.17, 15) is 0 Å². The van der Waals surface area contributed by atoms with E-state index in [4.69, 9.17) is 5.11 Å². The number of nitrogens with one attached hydrogen (secondary N) is 1. The fraction of sp³-hybridized carbons (Fsp3) is 0.556. The summed E-state index contributed by atoms with van der Waals surface area (Å²) in [5, 5.41) is 12.1. The van der Waals surface area contributed by atoms with Gasteiger partial charge in [0.25, 0.3) is 0 Å². The average molecular weight is 343 g/mol. The summed E-state index contributed by atoms with van der Waals surface area (Å²) in [5.41, 5.74) is 0. The predicted octanol–water partition coefficient (Wildman–Crippen LogP) is 2.99. The highest BCUT2D eigenvalue weighted by Gasteiger charge is 2.04. The Morgan fingerprint density at radius 3 is 2.79 bits per heavy atom. The van der Waals surface area contributed by atoms with Crippen molar-refractivity contribution in [2.24, 2.45) is 5.92 Å². The van der Waals surface area contributed by atoms with Gasteiger partial charge >= 0.3 is 0 Å². The molecule has 1 rings (SSSR count). The van der Waals surface area contributed by atoms with Crippen molar-refractivity contribution < 1.29 is 5.11 Å². The predicted molar refractivity (Wildman–Crippen MR) is 67.7 cm³/mol. The highest BCUT2D eigenvalue weighted by molar-refractivity contribution is 9.13. The Morgan fingerprint density at radius 1 is 1.57 bits per heavy atom. The number of hydrogen-bond donors (Lipinski definition) is 2. The van der Waals surface area contributed by atoms with Crippen LogP contribution in [0.25, 0.3) is 0 Å². The molecule has 2 nitrogen and oxygen atoms in total. The molecule has 14 heavy (non-hydrogen) atoms. The van der Waals surface area contributed by atoms with Crippen LogP contribution in [-0.2, 0) is 6.54 Å². The summed E-state index contributed by atoms with van der Waals surface area (Å²) in [6, 6.07) is 2.10. The highest BCUT2D eigenvalue weighted by atomic mass is 79.9. The third-order valence-electron chi connectivity index (χ3n) is 1.80. The first-order chi connectivity index (χ1) is 6.63. The SMILES string of the molecule is CC(CO)CNCc1cc(Br)c(Br)s1. The van der Waals surface area contributed by atoms with E-state index in [1.165, 1.54) is 4.88 Å². The number of halogens is 2. The van der Waals surface area contributed by atoms with Crippen LogP contribution in [0.15, 0.2) is 14.3 Å². The van der Waals surface area contributed by atoms with Gasteiger partial charge in [0, 0.05) is 29.0 Å². The van der Waals surface area contributed by atoms with E-state index in [-0.39, 0.29) is 6.61 Å². The molecular weight excluding hydrogens is 330 g/mol. The monoisotopic (exact) mass is 341 g/mol. The smallest absolute Gasteiger partial charge is 0.0843 e. The van der Waals surface area contributed by atoms with Crippen LogP contribution in [-0.4, -0.2) is 18.3 Å². The molecule has 0 bridgehead atoms. The number of hydrogen-bond acceptors (Lipinski definition) is 3. The molecule has 0 aliphatic heterocycles. The molecule has 0 radical (unpaired) electrons. The van der Waals surface area contributed by atoms with Gasteiger partial charge in [0.05, 0.1) is 3.79 Å².